The Morgan fingerprint density at radius 1 is 1.00 bits per heavy atom. The molecule has 0 saturated carbocycles. The zero-order chi connectivity index (χ0) is 21.3. The maximum absolute atomic E-state index is 13.8. The Kier molecular flexibility index (Phi) is 5.53. The molecule has 3 aromatic carbocycles. The fourth-order valence-electron chi connectivity index (χ4n) is 3.68. The predicted octanol–water partition coefficient (Wildman–Crippen LogP) is 4.16. The Labute approximate surface area is 173 Å². The van der Waals surface area contributed by atoms with Crippen molar-refractivity contribution in [3.63, 3.8) is 0 Å². The van der Waals surface area contributed by atoms with Crippen LogP contribution < -0.4 is 5.32 Å². The van der Waals surface area contributed by atoms with E-state index < -0.39 is 33.5 Å². The number of rotatable bonds is 4. The number of piperidine rings is 1. The number of hydrogen-bond donors (Lipinski definition) is 1. The minimum atomic E-state index is -3.78. The van der Waals surface area contributed by atoms with Crippen molar-refractivity contribution in [2.24, 2.45) is 5.92 Å². The van der Waals surface area contributed by atoms with Crippen LogP contribution >= 0.6 is 0 Å². The average molecular weight is 430 g/mol. The maximum atomic E-state index is 13.8. The molecule has 1 aliphatic rings. The van der Waals surface area contributed by atoms with E-state index >= 15 is 0 Å². The number of benzene rings is 3. The average Bonchev–Trinajstić information content (AvgIpc) is 2.75. The predicted molar refractivity (Wildman–Crippen MR) is 110 cm³/mol. The van der Waals surface area contributed by atoms with Gasteiger partial charge in [-0.3, -0.25) is 4.79 Å². The standard InChI is InChI=1S/C22H20F2N2O3S/c23-18-8-10-21(20(24)13-18)25-22(27)17-6-3-11-26(14-17)30(28,29)19-9-7-15-4-1-2-5-16(15)12-19/h1-2,4-5,7-10,12-13,17H,3,6,11,14H2,(H,25,27)/t17-/m0/s1. The van der Waals surface area contributed by atoms with Crippen LogP contribution in [0.5, 0.6) is 0 Å². The van der Waals surface area contributed by atoms with Gasteiger partial charge in [0.05, 0.1) is 16.5 Å². The summed E-state index contributed by atoms with van der Waals surface area (Å²) in [6, 6.07) is 15.3. The molecular formula is C22H20F2N2O3S. The van der Waals surface area contributed by atoms with Gasteiger partial charge in [-0.25, -0.2) is 17.2 Å². The van der Waals surface area contributed by atoms with Crippen LogP contribution in [0.1, 0.15) is 12.8 Å². The quantitative estimate of drug-likeness (QED) is 0.676. The molecule has 30 heavy (non-hydrogen) atoms. The summed E-state index contributed by atoms with van der Waals surface area (Å²) in [5, 5.41) is 4.20. The lowest BCUT2D eigenvalue weighted by Gasteiger charge is -2.31. The first-order chi connectivity index (χ1) is 14.3. The largest absolute Gasteiger partial charge is 0.323 e. The van der Waals surface area contributed by atoms with E-state index in [9.17, 15) is 22.0 Å². The molecule has 0 bridgehead atoms. The molecular weight excluding hydrogens is 410 g/mol. The monoisotopic (exact) mass is 430 g/mol. The molecule has 1 heterocycles. The first-order valence-electron chi connectivity index (χ1n) is 9.59. The summed E-state index contributed by atoms with van der Waals surface area (Å²) in [5.41, 5.74) is -0.129. The van der Waals surface area contributed by atoms with Crippen LogP contribution in [0.25, 0.3) is 10.8 Å². The van der Waals surface area contributed by atoms with Crippen molar-refractivity contribution in [2.75, 3.05) is 18.4 Å². The van der Waals surface area contributed by atoms with E-state index in [1.165, 1.54) is 4.31 Å². The van der Waals surface area contributed by atoms with E-state index in [1.807, 2.05) is 24.3 Å². The fraction of sp³-hybridized carbons (Fsp3) is 0.227. The van der Waals surface area contributed by atoms with Gasteiger partial charge in [-0.2, -0.15) is 4.31 Å². The van der Waals surface area contributed by atoms with Gasteiger partial charge in [0.15, 0.2) is 0 Å². The number of fused-ring (bicyclic) bond motifs is 1. The van der Waals surface area contributed by atoms with Gasteiger partial charge >= 0.3 is 0 Å². The zero-order valence-electron chi connectivity index (χ0n) is 16.0. The number of carbonyl (C=O) groups excluding carboxylic acids is 1. The molecule has 0 radical (unpaired) electrons. The van der Waals surface area contributed by atoms with Crippen molar-refractivity contribution in [1.82, 2.24) is 4.31 Å². The Balaban J connectivity index is 1.52. The Morgan fingerprint density at radius 2 is 1.77 bits per heavy atom. The second-order valence-electron chi connectivity index (χ2n) is 7.32. The summed E-state index contributed by atoms with van der Waals surface area (Å²) in [6.07, 6.45) is 0.995. The number of nitrogens with zero attached hydrogens (tertiary/aromatic N) is 1. The summed E-state index contributed by atoms with van der Waals surface area (Å²) in [5.74, 6) is -2.73. The smallest absolute Gasteiger partial charge is 0.243 e. The molecule has 1 amide bonds. The third-order valence-electron chi connectivity index (χ3n) is 5.30. The van der Waals surface area contributed by atoms with Crippen molar-refractivity contribution in [1.29, 1.82) is 0 Å². The Morgan fingerprint density at radius 3 is 2.53 bits per heavy atom. The van der Waals surface area contributed by atoms with Gasteiger partial charge in [0, 0.05) is 19.2 Å². The van der Waals surface area contributed by atoms with Gasteiger partial charge in [0.2, 0.25) is 15.9 Å². The summed E-state index contributed by atoms with van der Waals surface area (Å²) in [7, 11) is -3.78. The highest BCUT2D eigenvalue weighted by molar-refractivity contribution is 7.89. The Bertz CT molecular complexity index is 1210. The molecule has 3 aromatic rings. The molecule has 1 saturated heterocycles. The van der Waals surface area contributed by atoms with Crippen molar-refractivity contribution in [2.45, 2.75) is 17.7 Å². The number of halogens is 2. The second kappa shape index (κ2) is 8.12. The highest BCUT2D eigenvalue weighted by atomic mass is 32.2. The van der Waals surface area contributed by atoms with Crippen LogP contribution in [0.15, 0.2) is 65.6 Å². The molecule has 1 fully saturated rings. The molecule has 0 aliphatic carbocycles. The van der Waals surface area contributed by atoms with Crippen molar-refractivity contribution >= 4 is 32.4 Å². The van der Waals surface area contributed by atoms with E-state index in [1.54, 1.807) is 18.2 Å². The molecule has 0 aromatic heterocycles. The third kappa shape index (κ3) is 4.06. The molecule has 0 unspecified atom stereocenters. The normalized spacial score (nSPS) is 17.7. The second-order valence-corrected chi connectivity index (χ2v) is 9.26. The van der Waals surface area contributed by atoms with E-state index in [0.29, 0.717) is 25.5 Å². The van der Waals surface area contributed by atoms with Crippen molar-refractivity contribution in [3.05, 3.63) is 72.3 Å². The summed E-state index contributed by atoms with van der Waals surface area (Å²) < 4.78 is 54.5. The molecule has 4 rings (SSSR count). The number of nitrogens with one attached hydrogen (secondary N) is 1. The van der Waals surface area contributed by atoms with Gasteiger partial charge in [-0.15, -0.1) is 0 Å². The molecule has 1 aliphatic heterocycles. The SMILES string of the molecule is O=C(Nc1ccc(F)cc1F)[C@H]1CCCN(S(=O)(=O)c2ccc3ccccc3c2)C1. The highest BCUT2D eigenvalue weighted by Gasteiger charge is 2.33. The molecule has 156 valence electrons. The molecule has 0 spiro atoms. The van der Waals surface area contributed by atoms with Gasteiger partial charge < -0.3 is 5.32 Å². The number of amides is 1. The van der Waals surface area contributed by atoms with Crippen LogP contribution in [-0.4, -0.2) is 31.7 Å². The van der Waals surface area contributed by atoms with E-state index in [0.717, 1.165) is 22.9 Å². The topological polar surface area (TPSA) is 66.5 Å². The minimum absolute atomic E-state index is 0.00378. The zero-order valence-corrected chi connectivity index (χ0v) is 16.8. The van der Waals surface area contributed by atoms with Crippen LogP contribution in [0.2, 0.25) is 0 Å². The van der Waals surface area contributed by atoms with Crippen molar-refractivity contribution in [3.8, 4) is 0 Å². The summed E-state index contributed by atoms with van der Waals surface area (Å²) in [6.45, 7) is 0.313. The lowest BCUT2D eigenvalue weighted by atomic mass is 9.98. The number of carbonyl (C=O) groups is 1. The first kappa shape index (κ1) is 20.4. The van der Waals surface area contributed by atoms with Gasteiger partial charge in [-0.05, 0) is 47.9 Å². The van der Waals surface area contributed by atoms with Crippen LogP contribution in [0.4, 0.5) is 14.5 Å². The molecule has 1 atom stereocenters. The van der Waals surface area contributed by atoms with E-state index in [4.69, 9.17) is 0 Å². The van der Waals surface area contributed by atoms with E-state index in [2.05, 4.69) is 5.32 Å². The molecule has 5 nitrogen and oxygen atoms in total. The molecule has 1 N–H and O–H groups in total. The number of hydrogen-bond acceptors (Lipinski definition) is 3. The lowest BCUT2D eigenvalue weighted by molar-refractivity contribution is -0.120. The van der Waals surface area contributed by atoms with Gasteiger partial charge in [-0.1, -0.05) is 30.3 Å². The van der Waals surface area contributed by atoms with Crippen LogP contribution in [0, 0.1) is 17.6 Å². The van der Waals surface area contributed by atoms with Gasteiger partial charge in [0.25, 0.3) is 0 Å². The van der Waals surface area contributed by atoms with Crippen molar-refractivity contribution < 1.29 is 22.0 Å². The maximum Gasteiger partial charge on any atom is 0.243 e. The van der Waals surface area contributed by atoms with Crippen LogP contribution in [0.3, 0.4) is 0 Å². The van der Waals surface area contributed by atoms with Gasteiger partial charge in [0.1, 0.15) is 11.6 Å². The summed E-state index contributed by atoms with van der Waals surface area (Å²) in [4.78, 5) is 12.8. The third-order valence-corrected chi connectivity index (χ3v) is 7.16. The number of sulfonamides is 1. The number of anilines is 1. The Hall–Kier alpha value is -2.84. The minimum Gasteiger partial charge on any atom is -0.323 e. The molecule has 8 heteroatoms. The fourth-order valence-corrected chi connectivity index (χ4v) is 5.24. The highest BCUT2D eigenvalue weighted by Crippen LogP contribution is 2.27. The van der Waals surface area contributed by atoms with Crippen LogP contribution in [-0.2, 0) is 14.8 Å². The van der Waals surface area contributed by atoms with E-state index in [-0.39, 0.29) is 17.1 Å². The lowest BCUT2D eigenvalue weighted by Crippen LogP contribution is -2.43. The first-order valence-corrected chi connectivity index (χ1v) is 11.0. The summed E-state index contributed by atoms with van der Waals surface area (Å²) >= 11 is 0.